The second-order valence-corrected chi connectivity index (χ2v) is 3.49. The average Bonchev–Trinajstić information content (AvgIpc) is 2.17. The van der Waals surface area contributed by atoms with Gasteiger partial charge in [-0.25, -0.2) is 13.2 Å². The van der Waals surface area contributed by atoms with E-state index in [1.807, 2.05) is 0 Å². The standard InChI is InChI=1S/C11H13F3O/c1-2-11(15,7-10(13)14)8-3-5-9(12)6-4-8/h3-6,10,15H,2,7H2,1H3. The number of aliphatic hydroxyl groups is 1. The molecule has 0 saturated carbocycles. The second kappa shape index (κ2) is 4.66. The van der Waals surface area contributed by atoms with E-state index in [1.54, 1.807) is 6.92 Å². The maximum atomic E-state index is 12.6. The Morgan fingerprint density at radius 1 is 1.27 bits per heavy atom. The fraction of sp³-hybridized carbons (Fsp3) is 0.455. The summed E-state index contributed by atoms with van der Waals surface area (Å²) in [5.74, 6) is -0.450. The van der Waals surface area contributed by atoms with Gasteiger partial charge in [-0.1, -0.05) is 19.1 Å². The van der Waals surface area contributed by atoms with Crippen molar-refractivity contribution in [3.8, 4) is 0 Å². The fourth-order valence-electron chi connectivity index (χ4n) is 1.48. The van der Waals surface area contributed by atoms with Crippen LogP contribution in [0.5, 0.6) is 0 Å². The Morgan fingerprint density at radius 2 is 1.80 bits per heavy atom. The van der Waals surface area contributed by atoms with Gasteiger partial charge in [0.25, 0.3) is 0 Å². The van der Waals surface area contributed by atoms with E-state index in [-0.39, 0.29) is 6.42 Å². The van der Waals surface area contributed by atoms with Crippen molar-refractivity contribution >= 4 is 0 Å². The molecule has 0 aliphatic carbocycles. The molecular weight excluding hydrogens is 205 g/mol. The lowest BCUT2D eigenvalue weighted by atomic mass is 9.88. The van der Waals surface area contributed by atoms with Crippen LogP contribution in [0.3, 0.4) is 0 Å². The lowest BCUT2D eigenvalue weighted by molar-refractivity contribution is -0.0295. The molecule has 1 N–H and O–H groups in total. The number of hydrogen-bond donors (Lipinski definition) is 1. The van der Waals surface area contributed by atoms with Gasteiger partial charge in [0, 0.05) is 6.42 Å². The first kappa shape index (κ1) is 12.0. The third-order valence-electron chi connectivity index (χ3n) is 2.46. The largest absolute Gasteiger partial charge is 0.385 e. The van der Waals surface area contributed by atoms with Crippen molar-refractivity contribution in [1.29, 1.82) is 0 Å². The van der Waals surface area contributed by atoms with Crippen molar-refractivity contribution in [2.24, 2.45) is 0 Å². The summed E-state index contributed by atoms with van der Waals surface area (Å²) < 4.78 is 37.1. The monoisotopic (exact) mass is 218 g/mol. The van der Waals surface area contributed by atoms with Gasteiger partial charge in [-0.05, 0) is 24.1 Å². The predicted molar refractivity (Wildman–Crippen MR) is 51.2 cm³/mol. The van der Waals surface area contributed by atoms with Crippen LogP contribution in [0.15, 0.2) is 24.3 Å². The SMILES string of the molecule is CCC(O)(CC(F)F)c1ccc(F)cc1. The first-order chi connectivity index (χ1) is 6.98. The van der Waals surface area contributed by atoms with E-state index in [0.29, 0.717) is 5.56 Å². The van der Waals surface area contributed by atoms with Crippen LogP contribution >= 0.6 is 0 Å². The minimum atomic E-state index is -2.58. The number of benzene rings is 1. The fourth-order valence-corrected chi connectivity index (χ4v) is 1.48. The van der Waals surface area contributed by atoms with Crippen LogP contribution in [0.25, 0.3) is 0 Å². The molecule has 4 heteroatoms. The summed E-state index contributed by atoms with van der Waals surface area (Å²) in [7, 11) is 0. The molecule has 84 valence electrons. The highest BCUT2D eigenvalue weighted by molar-refractivity contribution is 5.23. The Labute approximate surface area is 86.5 Å². The van der Waals surface area contributed by atoms with E-state index in [0.717, 1.165) is 12.1 Å². The number of halogens is 3. The Balaban J connectivity index is 2.95. The lowest BCUT2D eigenvalue weighted by Crippen LogP contribution is -2.27. The van der Waals surface area contributed by atoms with Crippen LogP contribution in [-0.4, -0.2) is 11.5 Å². The molecule has 0 aliphatic rings. The third-order valence-corrected chi connectivity index (χ3v) is 2.46. The van der Waals surface area contributed by atoms with Crippen LogP contribution in [0, 0.1) is 5.82 Å². The van der Waals surface area contributed by atoms with Gasteiger partial charge in [0.1, 0.15) is 5.82 Å². The summed E-state index contributed by atoms with van der Waals surface area (Å²) in [4.78, 5) is 0. The van der Waals surface area contributed by atoms with E-state index in [4.69, 9.17) is 0 Å². The van der Waals surface area contributed by atoms with E-state index < -0.39 is 24.3 Å². The first-order valence-electron chi connectivity index (χ1n) is 4.74. The van der Waals surface area contributed by atoms with Gasteiger partial charge < -0.3 is 5.11 Å². The quantitative estimate of drug-likeness (QED) is 0.823. The van der Waals surface area contributed by atoms with Crippen molar-refractivity contribution in [3.63, 3.8) is 0 Å². The summed E-state index contributed by atoms with van der Waals surface area (Å²) in [6.07, 6.45) is -3.04. The molecule has 1 unspecified atom stereocenters. The highest BCUT2D eigenvalue weighted by atomic mass is 19.3. The zero-order chi connectivity index (χ0) is 11.5. The maximum Gasteiger partial charge on any atom is 0.241 e. The molecule has 0 heterocycles. The molecule has 0 aliphatic heterocycles. The molecule has 0 amide bonds. The van der Waals surface area contributed by atoms with Crippen molar-refractivity contribution in [1.82, 2.24) is 0 Å². The molecule has 0 aromatic heterocycles. The molecule has 1 atom stereocenters. The highest BCUT2D eigenvalue weighted by Gasteiger charge is 2.30. The summed E-state index contributed by atoms with van der Waals surface area (Å²) in [5.41, 5.74) is -1.24. The predicted octanol–water partition coefficient (Wildman–Crippen LogP) is 3.08. The first-order valence-corrected chi connectivity index (χ1v) is 4.74. The van der Waals surface area contributed by atoms with Crippen LogP contribution in [0.1, 0.15) is 25.3 Å². The average molecular weight is 218 g/mol. The van der Waals surface area contributed by atoms with E-state index in [9.17, 15) is 18.3 Å². The van der Waals surface area contributed by atoms with Gasteiger partial charge in [-0.3, -0.25) is 0 Å². The summed E-state index contributed by atoms with van der Waals surface area (Å²) >= 11 is 0. The van der Waals surface area contributed by atoms with Gasteiger partial charge in [-0.15, -0.1) is 0 Å². The summed E-state index contributed by atoms with van der Waals surface area (Å²) in [6.45, 7) is 1.62. The molecule has 1 aromatic carbocycles. The zero-order valence-corrected chi connectivity index (χ0v) is 8.38. The lowest BCUT2D eigenvalue weighted by Gasteiger charge is -2.26. The summed E-state index contributed by atoms with van der Waals surface area (Å²) in [5, 5.41) is 9.95. The van der Waals surface area contributed by atoms with Crippen molar-refractivity contribution < 1.29 is 18.3 Å². The molecule has 1 nitrogen and oxygen atoms in total. The van der Waals surface area contributed by atoms with Gasteiger partial charge >= 0.3 is 0 Å². The normalized spacial score (nSPS) is 15.3. The molecule has 0 bridgehead atoms. The van der Waals surface area contributed by atoms with E-state index in [2.05, 4.69) is 0 Å². The van der Waals surface area contributed by atoms with Gasteiger partial charge in [0.05, 0.1) is 5.60 Å². The number of rotatable bonds is 4. The van der Waals surface area contributed by atoms with Crippen LogP contribution in [0.2, 0.25) is 0 Å². The highest BCUT2D eigenvalue weighted by Crippen LogP contribution is 2.31. The molecular formula is C11H13F3O. The van der Waals surface area contributed by atoms with Gasteiger partial charge in [0.15, 0.2) is 0 Å². The minimum absolute atomic E-state index is 0.170. The molecule has 0 radical (unpaired) electrons. The topological polar surface area (TPSA) is 20.2 Å². The zero-order valence-electron chi connectivity index (χ0n) is 8.38. The van der Waals surface area contributed by atoms with Crippen molar-refractivity contribution in [2.75, 3.05) is 0 Å². The van der Waals surface area contributed by atoms with Crippen molar-refractivity contribution in [3.05, 3.63) is 35.6 Å². The van der Waals surface area contributed by atoms with Gasteiger partial charge in [0.2, 0.25) is 6.43 Å². The molecule has 0 spiro atoms. The van der Waals surface area contributed by atoms with Crippen LogP contribution in [0.4, 0.5) is 13.2 Å². The molecule has 15 heavy (non-hydrogen) atoms. The maximum absolute atomic E-state index is 12.6. The molecule has 1 aromatic rings. The molecule has 0 saturated heterocycles. The number of hydrogen-bond acceptors (Lipinski definition) is 1. The van der Waals surface area contributed by atoms with E-state index >= 15 is 0 Å². The Hall–Kier alpha value is -1.03. The second-order valence-electron chi connectivity index (χ2n) is 3.49. The van der Waals surface area contributed by atoms with Crippen LogP contribution < -0.4 is 0 Å². The summed E-state index contributed by atoms with van der Waals surface area (Å²) in [6, 6.07) is 4.98. The van der Waals surface area contributed by atoms with Crippen LogP contribution in [-0.2, 0) is 5.60 Å². The third kappa shape index (κ3) is 2.96. The molecule has 1 rings (SSSR count). The Kier molecular flexibility index (Phi) is 3.74. The number of alkyl halides is 2. The van der Waals surface area contributed by atoms with Gasteiger partial charge in [-0.2, -0.15) is 0 Å². The van der Waals surface area contributed by atoms with Crippen molar-refractivity contribution in [2.45, 2.75) is 31.8 Å². The minimum Gasteiger partial charge on any atom is -0.385 e. The van der Waals surface area contributed by atoms with E-state index in [1.165, 1.54) is 12.1 Å². The Bertz CT molecular complexity index is 310. The molecule has 0 fully saturated rings. The smallest absolute Gasteiger partial charge is 0.241 e. The Morgan fingerprint density at radius 3 is 2.20 bits per heavy atom.